The third kappa shape index (κ3) is 1.46. The first-order chi connectivity index (χ1) is 8.70. The average Bonchev–Trinajstić information content (AvgIpc) is 2.94. The van der Waals surface area contributed by atoms with E-state index in [-0.39, 0.29) is 5.56 Å². The molecule has 0 atom stereocenters. The van der Waals surface area contributed by atoms with Crippen molar-refractivity contribution < 1.29 is 0 Å². The number of nitrogens with one attached hydrogen (secondary N) is 1. The number of rotatable bonds is 2. The summed E-state index contributed by atoms with van der Waals surface area (Å²) in [5, 5.41) is 8.45. The lowest BCUT2D eigenvalue weighted by Gasteiger charge is -2.05. The molecule has 0 radical (unpaired) electrons. The molecule has 6 heteroatoms. The molecule has 1 N–H and O–H groups in total. The lowest BCUT2D eigenvalue weighted by atomic mass is 10.2. The van der Waals surface area contributed by atoms with E-state index in [1.54, 1.807) is 21.6 Å². The second-order valence-electron chi connectivity index (χ2n) is 4.14. The van der Waals surface area contributed by atoms with Crippen LogP contribution in [-0.2, 0) is 13.5 Å². The van der Waals surface area contributed by atoms with E-state index in [1.165, 1.54) is 6.07 Å². The van der Waals surface area contributed by atoms with Crippen molar-refractivity contribution in [2.45, 2.75) is 13.3 Å². The number of hydrogen-bond acceptors (Lipinski definition) is 3. The molecular formula is C12H13N5O. The van der Waals surface area contributed by atoms with Crippen LogP contribution in [0.3, 0.4) is 0 Å². The molecule has 3 aromatic heterocycles. The van der Waals surface area contributed by atoms with Gasteiger partial charge in [0.05, 0.1) is 17.6 Å². The SMILES string of the molecule is CCc1cnn2c(-c3ccnn3C)cc(=O)[nH]c12. The molecule has 0 saturated carbocycles. The number of aromatic amines is 1. The zero-order chi connectivity index (χ0) is 12.7. The lowest BCUT2D eigenvalue weighted by molar-refractivity contribution is 0.766. The molecule has 0 aromatic carbocycles. The van der Waals surface area contributed by atoms with Crippen molar-refractivity contribution in [3.63, 3.8) is 0 Å². The molecule has 3 rings (SSSR count). The Morgan fingerprint density at radius 2 is 2.17 bits per heavy atom. The molecule has 92 valence electrons. The summed E-state index contributed by atoms with van der Waals surface area (Å²) in [4.78, 5) is 14.6. The van der Waals surface area contributed by atoms with Gasteiger partial charge in [-0.1, -0.05) is 6.92 Å². The van der Waals surface area contributed by atoms with Gasteiger partial charge in [-0.05, 0) is 12.5 Å². The number of H-pyrrole nitrogens is 1. The Hall–Kier alpha value is -2.37. The quantitative estimate of drug-likeness (QED) is 0.729. The van der Waals surface area contributed by atoms with Crippen LogP contribution in [0.4, 0.5) is 0 Å². The zero-order valence-corrected chi connectivity index (χ0v) is 10.2. The van der Waals surface area contributed by atoms with Crippen LogP contribution < -0.4 is 5.56 Å². The van der Waals surface area contributed by atoms with Gasteiger partial charge in [0, 0.05) is 24.9 Å². The molecule has 0 saturated heterocycles. The number of aryl methyl sites for hydroxylation is 2. The number of hydrogen-bond donors (Lipinski definition) is 1. The highest BCUT2D eigenvalue weighted by atomic mass is 16.1. The van der Waals surface area contributed by atoms with Gasteiger partial charge in [-0.25, -0.2) is 4.52 Å². The topological polar surface area (TPSA) is 68.0 Å². The molecule has 3 aromatic rings. The molecule has 18 heavy (non-hydrogen) atoms. The van der Waals surface area contributed by atoms with Crippen molar-refractivity contribution in [2.24, 2.45) is 7.05 Å². The van der Waals surface area contributed by atoms with Crippen LogP contribution in [0.25, 0.3) is 17.0 Å². The summed E-state index contributed by atoms with van der Waals surface area (Å²) in [7, 11) is 1.84. The fourth-order valence-corrected chi connectivity index (χ4v) is 2.10. The van der Waals surface area contributed by atoms with Gasteiger partial charge in [-0.2, -0.15) is 10.2 Å². The van der Waals surface area contributed by atoms with Crippen LogP contribution in [0.5, 0.6) is 0 Å². The number of nitrogens with zero attached hydrogens (tertiary/aromatic N) is 4. The van der Waals surface area contributed by atoms with Crippen molar-refractivity contribution in [2.75, 3.05) is 0 Å². The Morgan fingerprint density at radius 3 is 2.83 bits per heavy atom. The molecule has 0 amide bonds. The van der Waals surface area contributed by atoms with E-state index in [4.69, 9.17) is 0 Å². The Kier molecular flexibility index (Phi) is 2.29. The maximum absolute atomic E-state index is 11.8. The van der Waals surface area contributed by atoms with Crippen LogP contribution in [0.1, 0.15) is 12.5 Å². The molecular weight excluding hydrogens is 230 g/mol. The predicted molar refractivity (Wildman–Crippen MR) is 67.4 cm³/mol. The first-order valence-corrected chi connectivity index (χ1v) is 5.79. The summed E-state index contributed by atoms with van der Waals surface area (Å²) in [6.07, 6.45) is 4.31. The highest BCUT2D eigenvalue weighted by Crippen LogP contribution is 2.18. The fraction of sp³-hybridized carbons (Fsp3) is 0.250. The summed E-state index contributed by atoms with van der Waals surface area (Å²) in [5.74, 6) is 0. The Balaban J connectivity index is 2.39. The summed E-state index contributed by atoms with van der Waals surface area (Å²) in [6, 6.07) is 3.40. The van der Waals surface area contributed by atoms with Gasteiger partial charge >= 0.3 is 0 Å². The molecule has 0 aliphatic carbocycles. The van der Waals surface area contributed by atoms with Crippen molar-refractivity contribution in [3.8, 4) is 11.4 Å². The van der Waals surface area contributed by atoms with Crippen LogP contribution in [0.15, 0.2) is 29.3 Å². The maximum Gasteiger partial charge on any atom is 0.251 e. The van der Waals surface area contributed by atoms with Gasteiger partial charge in [-0.3, -0.25) is 9.48 Å². The number of fused-ring (bicyclic) bond motifs is 1. The van der Waals surface area contributed by atoms with E-state index in [0.717, 1.165) is 29.0 Å². The minimum absolute atomic E-state index is 0.131. The first-order valence-electron chi connectivity index (χ1n) is 5.79. The largest absolute Gasteiger partial charge is 0.307 e. The Labute approximate surface area is 103 Å². The Bertz CT molecular complexity index is 764. The normalized spacial score (nSPS) is 11.2. The standard InChI is InChI=1S/C12H13N5O/c1-3-8-7-14-17-10(6-11(18)15-12(8)17)9-4-5-13-16(9)2/h4-7H,3H2,1-2H3,(H,15,18). The molecule has 0 fully saturated rings. The summed E-state index contributed by atoms with van der Waals surface area (Å²) in [6.45, 7) is 2.03. The van der Waals surface area contributed by atoms with Crippen molar-refractivity contribution in [1.29, 1.82) is 0 Å². The summed E-state index contributed by atoms with van der Waals surface area (Å²) < 4.78 is 3.47. The second kappa shape index (κ2) is 3.83. The Morgan fingerprint density at radius 1 is 1.33 bits per heavy atom. The number of aromatic nitrogens is 5. The molecule has 0 aliphatic rings. The van der Waals surface area contributed by atoms with E-state index < -0.39 is 0 Å². The monoisotopic (exact) mass is 243 g/mol. The molecule has 0 spiro atoms. The molecule has 0 bridgehead atoms. The average molecular weight is 243 g/mol. The van der Waals surface area contributed by atoms with Gasteiger partial charge < -0.3 is 4.98 Å². The van der Waals surface area contributed by atoms with E-state index >= 15 is 0 Å². The van der Waals surface area contributed by atoms with Crippen molar-refractivity contribution in [1.82, 2.24) is 24.4 Å². The summed E-state index contributed by atoms with van der Waals surface area (Å²) in [5.41, 5.74) is 3.25. The molecule has 0 unspecified atom stereocenters. The van der Waals surface area contributed by atoms with Crippen molar-refractivity contribution in [3.05, 3.63) is 40.4 Å². The van der Waals surface area contributed by atoms with Gasteiger partial charge in [0.15, 0.2) is 0 Å². The third-order valence-corrected chi connectivity index (χ3v) is 3.05. The lowest BCUT2D eigenvalue weighted by Crippen LogP contribution is -2.11. The predicted octanol–water partition coefficient (Wildman–Crippen LogP) is 0.985. The first kappa shape index (κ1) is 10.8. The fourth-order valence-electron chi connectivity index (χ4n) is 2.10. The van der Waals surface area contributed by atoms with Gasteiger partial charge in [-0.15, -0.1) is 0 Å². The van der Waals surface area contributed by atoms with Crippen LogP contribution in [0.2, 0.25) is 0 Å². The van der Waals surface area contributed by atoms with Crippen LogP contribution in [0, 0.1) is 0 Å². The maximum atomic E-state index is 11.8. The molecule has 6 nitrogen and oxygen atoms in total. The van der Waals surface area contributed by atoms with Crippen LogP contribution in [-0.4, -0.2) is 24.4 Å². The van der Waals surface area contributed by atoms with E-state index in [9.17, 15) is 4.79 Å². The highest BCUT2D eigenvalue weighted by Gasteiger charge is 2.12. The smallest absolute Gasteiger partial charge is 0.251 e. The molecule has 0 aliphatic heterocycles. The van der Waals surface area contributed by atoms with Gasteiger partial charge in [0.25, 0.3) is 5.56 Å². The van der Waals surface area contributed by atoms with Gasteiger partial charge in [0.1, 0.15) is 5.65 Å². The minimum atomic E-state index is -0.131. The highest BCUT2D eigenvalue weighted by molar-refractivity contribution is 5.60. The second-order valence-corrected chi connectivity index (χ2v) is 4.14. The zero-order valence-electron chi connectivity index (χ0n) is 10.2. The van der Waals surface area contributed by atoms with E-state index in [0.29, 0.717) is 0 Å². The van der Waals surface area contributed by atoms with E-state index in [2.05, 4.69) is 15.2 Å². The van der Waals surface area contributed by atoms with Crippen molar-refractivity contribution >= 4 is 5.65 Å². The van der Waals surface area contributed by atoms with E-state index in [1.807, 2.05) is 20.0 Å². The van der Waals surface area contributed by atoms with Crippen LogP contribution >= 0.6 is 0 Å². The summed E-state index contributed by atoms with van der Waals surface area (Å²) >= 11 is 0. The molecule has 3 heterocycles. The van der Waals surface area contributed by atoms with Gasteiger partial charge in [0.2, 0.25) is 0 Å². The third-order valence-electron chi connectivity index (χ3n) is 3.05. The minimum Gasteiger partial charge on any atom is -0.307 e.